The van der Waals surface area contributed by atoms with Gasteiger partial charge in [0.1, 0.15) is 5.82 Å². The van der Waals surface area contributed by atoms with E-state index in [1.807, 2.05) is 38.1 Å². The molecule has 0 amide bonds. The summed E-state index contributed by atoms with van der Waals surface area (Å²) in [4.78, 5) is 29.5. The lowest BCUT2D eigenvalue weighted by Gasteiger charge is -2.13. The highest BCUT2D eigenvalue weighted by atomic mass is 19.1. The van der Waals surface area contributed by atoms with Crippen LogP contribution in [0, 0.1) is 12.7 Å². The van der Waals surface area contributed by atoms with E-state index in [0.717, 1.165) is 28.6 Å². The lowest BCUT2D eigenvalue weighted by Crippen LogP contribution is -2.12. The highest BCUT2D eigenvalue weighted by molar-refractivity contribution is 6.05. The number of ketones is 1. The molecule has 0 aliphatic heterocycles. The molecule has 2 aromatic carbocycles. The Morgan fingerprint density at radius 3 is 2.50 bits per heavy atom. The van der Waals surface area contributed by atoms with Crippen molar-refractivity contribution in [2.75, 3.05) is 6.61 Å². The summed E-state index contributed by atoms with van der Waals surface area (Å²) in [6.45, 7) is 4.02. The molecule has 1 heterocycles. The van der Waals surface area contributed by atoms with Gasteiger partial charge >= 0.3 is 5.97 Å². The molecule has 0 N–H and O–H groups in total. The minimum Gasteiger partial charge on any atom is -0.462 e. The van der Waals surface area contributed by atoms with E-state index in [1.54, 1.807) is 0 Å². The van der Waals surface area contributed by atoms with Crippen molar-refractivity contribution in [3.8, 4) is 0 Å². The third-order valence-electron chi connectivity index (χ3n) is 4.72. The average Bonchev–Trinajstić information content (AvgIpc) is 2.71. The maximum Gasteiger partial charge on any atom is 0.339 e. The van der Waals surface area contributed by atoms with Crippen molar-refractivity contribution in [1.82, 2.24) is 4.98 Å². The van der Waals surface area contributed by atoms with Gasteiger partial charge in [-0.2, -0.15) is 0 Å². The molecule has 0 fully saturated rings. The number of hydrogen-bond acceptors (Lipinski definition) is 4. The number of carbonyl (C=O) groups is 2. The fraction of sp³-hybridized carbons (Fsp3) is 0.261. The summed E-state index contributed by atoms with van der Waals surface area (Å²) in [5.74, 6) is -0.883. The first-order valence-electron chi connectivity index (χ1n) is 9.35. The zero-order valence-electron chi connectivity index (χ0n) is 16.0. The minimum absolute atomic E-state index is 0.102. The Balaban J connectivity index is 1.66. The number of pyridine rings is 1. The lowest BCUT2D eigenvalue weighted by atomic mass is 10.0. The highest BCUT2D eigenvalue weighted by Crippen LogP contribution is 2.24. The van der Waals surface area contributed by atoms with Gasteiger partial charge in [0.15, 0.2) is 5.78 Å². The smallest absolute Gasteiger partial charge is 0.339 e. The molecule has 0 aliphatic carbocycles. The van der Waals surface area contributed by atoms with E-state index in [9.17, 15) is 14.0 Å². The summed E-state index contributed by atoms with van der Waals surface area (Å²) in [6, 6.07) is 12.9. The fourth-order valence-electron chi connectivity index (χ4n) is 3.22. The van der Waals surface area contributed by atoms with Gasteiger partial charge in [-0.05, 0) is 55.7 Å². The topological polar surface area (TPSA) is 56.3 Å². The van der Waals surface area contributed by atoms with Gasteiger partial charge in [0.25, 0.3) is 0 Å². The molecule has 5 heteroatoms. The molecular formula is C23H22FNO3. The first-order valence-corrected chi connectivity index (χ1v) is 9.35. The van der Waals surface area contributed by atoms with Crippen LogP contribution in [-0.2, 0) is 11.2 Å². The van der Waals surface area contributed by atoms with Crippen molar-refractivity contribution < 1.29 is 18.7 Å². The molecular weight excluding hydrogens is 357 g/mol. The number of rotatable bonds is 7. The summed E-state index contributed by atoms with van der Waals surface area (Å²) < 4.78 is 18.4. The number of aryl methyl sites for hydroxylation is 1. The van der Waals surface area contributed by atoms with Crippen LogP contribution >= 0.6 is 0 Å². The lowest BCUT2D eigenvalue weighted by molar-refractivity contribution is 0.0495. The normalized spacial score (nSPS) is 10.8. The van der Waals surface area contributed by atoms with Crippen LogP contribution in [0.2, 0.25) is 0 Å². The zero-order chi connectivity index (χ0) is 20.1. The molecule has 0 saturated carbocycles. The predicted molar refractivity (Wildman–Crippen MR) is 106 cm³/mol. The number of hydrogen-bond donors (Lipinski definition) is 0. The van der Waals surface area contributed by atoms with Gasteiger partial charge in [0.2, 0.25) is 0 Å². The molecule has 3 rings (SSSR count). The van der Waals surface area contributed by atoms with Crippen LogP contribution in [0.15, 0.2) is 48.5 Å². The van der Waals surface area contributed by atoms with Crippen LogP contribution in [0.4, 0.5) is 4.39 Å². The molecule has 0 atom stereocenters. The fourth-order valence-corrected chi connectivity index (χ4v) is 3.22. The molecule has 0 spiro atoms. The van der Waals surface area contributed by atoms with Gasteiger partial charge in [-0.1, -0.05) is 25.1 Å². The SMILES string of the molecule is CCc1nc2ccccc2c(C(=O)OCCCC(=O)c2ccc(F)cc2)c1C. The zero-order valence-corrected chi connectivity index (χ0v) is 16.0. The van der Waals surface area contributed by atoms with Crippen LogP contribution in [0.1, 0.15) is 51.7 Å². The standard InChI is InChI=1S/C23H22FNO3/c1-3-19-15(2)22(18-7-4-5-8-20(18)25-19)23(27)28-14-6-9-21(26)16-10-12-17(24)13-11-16/h4-5,7-8,10-13H,3,6,9,14H2,1-2H3. The number of nitrogens with zero attached hydrogens (tertiary/aromatic N) is 1. The largest absolute Gasteiger partial charge is 0.462 e. The van der Waals surface area contributed by atoms with Crippen LogP contribution in [-0.4, -0.2) is 23.3 Å². The van der Waals surface area contributed by atoms with E-state index in [4.69, 9.17) is 4.74 Å². The second-order valence-electron chi connectivity index (χ2n) is 6.60. The summed E-state index contributed by atoms with van der Waals surface area (Å²) >= 11 is 0. The van der Waals surface area contributed by atoms with Gasteiger partial charge in [0.05, 0.1) is 17.7 Å². The molecule has 1 aromatic heterocycles. The first-order chi connectivity index (χ1) is 13.5. The summed E-state index contributed by atoms with van der Waals surface area (Å²) in [6.07, 6.45) is 1.36. The second-order valence-corrected chi connectivity index (χ2v) is 6.60. The molecule has 0 radical (unpaired) electrons. The third kappa shape index (κ3) is 4.25. The summed E-state index contributed by atoms with van der Waals surface area (Å²) in [5, 5.41) is 0.768. The van der Waals surface area contributed by atoms with Crippen molar-refractivity contribution in [2.24, 2.45) is 0 Å². The van der Waals surface area contributed by atoms with Gasteiger partial charge in [0, 0.05) is 23.1 Å². The van der Waals surface area contributed by atoms with Crippen LogP contribution in [0.5, 0.6) is 0 Å². The molecule has 28 heavy (non-hydrogen) atoms. The van der Waals surface area contributed by atoms with Gasteiger partial charge in [-0.15, -0.1) is 0 Å². The number of esters is 1. The Bertz CT molecular complexity index is 1010. The van der Waals surface area contributed by atoms with Gasteiger partial charge < -0.3 is 4.74 Å². The van der Waals surface area contributed by atoms with E-state index in [-0.39, 0.29) is 24.6 Å². The number of Topliss-reactive ketones (excluding diaryl/α,β-unsaturated/α-hetero) is 1. The van der Waals surface area contributed by atoms with E-state index in [0.29, 0.717) is 17.5 Å². The van der Waals surface area contributed by atoms with Crippen molar-refractivity contribution in [3.63, 3.8) is 0 Å². The van der Waals surface area contributed by atoms with E-state index >= 15 is 0 Å². The first kappa shape index (κ1) is 19.7. The average molecular weight is 379 g/mol. The Labute approximate surface area is 163 Å². The number of halogens is 1. The maximum atomic E-state index is 12.9. The molecule has 4 nitrogen and oxygen atoms in total. The molecule has 0 aliphatic rings. The maximum absolute atomic E-state index is 12.9. The molecule has 3 aromatic rings. The van der Waals surface area contributed by atoms with E-state index in [1.165, 1.54) is 24.3 Å². The van der Waals surface area contributed by atoms with Crippen LogP contribution in [0.3, 0.4) is 0 Å². The van der Waals surface area contributed by atoms with Crippen molar-refractivity contribution >= 4 is 22.7 Å². The Kier molecular flexibility index (Phi) is 6.14. The van der Waals surface area contributed by atoms with Crippen molar-refractivity contribution in [3.05, 3.63) is 76.7 Å². The molecule has 0 saturated heterocycles. The number of benzene rings is 2. The Morgan fingerprint density at radius 2 is 1.79 bits per heavy atom. The second kappa shape index (κ2) is 8.74. The molecule has 0 unspecified atom stereocenters. The van der Waals surface area contributed by atoms with Crippen molar-refractivity contribution in [1.29, 1.82) is 0 Å². The monoisotopic (exact) mass is 379 g/mol. The summed E-state index contributed by atoms with van der Waals surface area (Å²) in [7, 11) is 0. The highest BCUT2D eigenvalue weighted by Gasteiger charge is 2.18. The number of carbonyl (C=O) groups excluding carboxylic acids is 2. The molecule has 144 valence electrons. The third-order valence-corrected chi connectivity index (χ3v) is 4.72. The Morgan fingerprint density at radius 1 is 1.07 bits per heavy atom. The van der Waals surface area contributed by atoms with Gasteiger partial charge in [-0.3, -0.25) is 9.78 Å². The molecule has 0 bridgehead atoms. The number of aromatic nitrogens is 1. The van der Waals surface area contributed by atoms with Crippen LogP contribution in [0.25, 0.3) is 10.9 Å². The predicted octanol–water partition coefficient (Wildman–Crippen LogP) is 5.06. The summed E-state index contributed by atoms with van der Waals surface area (Å²) in [5.41, 5.74) is 3.46. The number of fused-ring (bicyclic) bond motifs is 1. The van der Waals surface area contributed by atoms with Crippen molar-refractivity contribution in [2.45, 2.75) is 33.1 Å². The van der Waals surface area contributed by atoms with Gasteiger partial charge in [-0.25, -0.2) is 9.18 Å². The Hall–Kier alpha value is -3.08. The number of para-hydroxylation sites is 1. The number of ether oxygens (including phenoxy) is 1. The minimum atomic E-state index is -0.403. The quantitative estimate of drug-likeness (QED) is 0.327. The van der Waals surface area contributed by atoms with E-state index in [2.05, 4.69) is 4.98 Å². The van der Waals surface area contributed by atoms with Crippen LogP contribution < -0.4 is 0 Å². The van der Waals surface area contributed by atoms with E-state index < -0.39 is 5.97 Å².